The normalized spacial score (nSPS) is 16.2. The molecule has 0 bridgehead atoms. The summed E-state index contributed by atoms with van der Waals surface area (Å²) in [4.78, 5) is 52.3. The molecule has 7 nitrogen and oxygen atoms in total. The number of carbonyl (C=O) groups is 4. The Labute approximate surface area is 186 Å². The zero-order valence-corrected chi connectivity index (χ0v) is 18.3. The number of nitrogens with zero attached hydrogens (tertiary/aromatic N) is 2. The number of benzene rings is 2. The highest BCUT2D eigenvalue weighted by molar-refractivity contribution is 6.30. The third-order valence-electron chi connectivity index (χ3n) is 4.94. The first kappa shape index (κ1) is 22.5. The minimum Gasteiger partial charge on any atom is -0.326 e. The lowest BCUT2D eigenvalue weighted by molar-refractivity contribution is -0.126. The number of carbonyl (C=O) groups excluding carboxylic acids is 4. The van der Waals surface area contributed by atoms with E-state index in [1.165, 1.54) is 4.90 Å². The van der Waals surface area contributed by atoms with Crippen LogP contribution < -0.4 is 10.2 Å². The van der Waals surface area contributed by atoms with E-state index < -0.39 is 18.0 Å². The highest BCUT2D eigenvalue weighted by Gasteiger charge is 2.44. The molecule has 31 heavy (non-hydrogen) atoms. The van der Waals surface area contributed by atoms with E-state index in [4.69, 9.17) is 11.6 Å². The zero-order valence-electron chi connectivity index (χ0n) is 17.6. The van der Waals surface area contributed by atoms with Crippen molar-refractivity contribution in [1.29, 1.82) is 0 Å². The monoisotopic (exact) mass is 441 g/mol. The number of anilines is 2. The predicted octanol–water partition coefficient (Wildman–Crippen LogP) is 4.36. The molecule has 0 aromatic heterocycles. The van der Waals surface area contributed by atoms with Gasteiger partial charge in [-0.15, -0.1) is 0 Å². The van der Waals surface area contributed by atoms with Crippen LogP contribution in [0.1, 0.15) is 37.6 Å². The molecule has 4 amide bonds. The second-order valence-corrected chi connectivity index (χ2v) is 8.31. The van der Waals surface area contributed by atoms with Gasteiger partial charge in [0.2, 0.25) is 5.91 Å². The lowest BCUT2D eigenvalue weighted by Crippen LogP contribution is -2.37. The number of nitrogens with one attached hydrogen (secondary N) is 1. The Hall–Kier alpha value is -3.19. The van der Waals surface area contributed by atoms with Crippen LogP contribution in [0.5, 0.6) is 0 Å². The van der Waals surface area contributed by atoms with Crippen LogP contribution in [0.25, 0.3) is 0 Å². The minimum atomic E-state index is -0.722. The van der Waals surface area contributed by atoms with Crippen LogP contribution in [0, 0.1) is 5.92 Å². The second-order valence-electron chi connectivity index (χ2n) is 7.88. The summed E-state index contributed by atoms with van der Waals surface area (Å²) in [6.45, 7) is 5.17. The van der Waals surface area contributed by atoms with E-state index in [0.717, 1.165) is 4.90 Å². The average Bonchev–Trinajstić information content (AvgIpc) is 2.92. The van der Waals surface area contributed by atoms with Crippen LogP contribution in [-0.2, 0) is 9.59 Å². The summed E-state index contributed by atoms with van der Waals surface area (Å²) in [7, 11) is 0. The first-order valence-corrected chi connectivity index (χ1v) is 10.4. The second kappa shape index (κ2) is 9.31. The Morgan fingerprint density at radius 2 is 1.65 bits per heavy atom. The average molecular weight is 442 g/mol. The molecule has 1 N–H and O–H groups in total. The number of hydrogen-bond acceptors (Lipinski definition) is 4. The fourth-order valence-electron chi connectivity index (χ4n) is 3.36. The van der Waals surface area contributed by atoms with Gasteiger partial charge in [-0.05, 0) is 61.4 Å². The molecule has 1 aliphatic rings. The molecule has 1 heterocycles. The molecule has 8 heteroatoms. The van der Waals surface area contributed by atoms with Crippen LogP contribution in [-0.4, -0.2) is 41.1 Å². The van der Waals surface area contributed by atoms with Gasteiger partial charge in [-0.3, -0.25) is 24.2 Å². The van der Waals surface area contributed by atoms with E-state index in [9.17, 15) is 19.2 Å². The van der Waals surface area contributed by atoms with Gasteiger partial charge in [0.15, 0.2) is 5.78 Å². The summed E-state index contributed by atoms with van der Waals surface area (Å²) in [5, 5.41) is 3.29. The fraction of sp³-hybridized carbons (Fsp3) is 0.304. The van der Waals surface area contributed by atoms with Gasteiger partial charge in [0.05, 0.1) is 6.54 Å². The van der Waals surface area contributed by atoms with E-state index in [1.54, 1.807) is 55.5 Å². The SMILES string of the molecule is CC(C)CC(=O)Nc1ccc(C(=O)CN2C(=O)C(C)N(c3ccc(Cl)cc3)C2=O)cc1. The lowest BCUT2D eigenvalue weighted by Gasteiger charge is -2.19. The highest BCUT2D eigenvalue weighted by Crippen LogP contribution is 2.27. The molecule has 0 saturated carbocycles. The minimum absolute atomic E-state index is 0.0985. The number of amides is 4. The third-order valence-corrected chi connectivity index (χ3v) is 5.19. The number of halogens is 1. The molecule has 1 atom stereocenters. The van der Waals surface area contributed by atoms with E-state index >= 15 is 0 Å². The molecule has 1 aliphatic heterocycles. The molecule has 2 aromatic carbocycles. The molecule has 0 radical (unpaired) electrons. The number of urea groups is 1. The van der Waals surface area contributed by atoms with Crippen LogP contribution in [0.15, 0.2) is 48.5 Å². The number of hydrogen-bond donors (Lipinski definition) is 1. The van der Waals surface area contributed by atoms with Crippen LogP contribution >= 0.6 is 11.6 Å². The van der Waals surface area contributed by atoms with Gasteiger partial charge in [-0.1, -0.05) is 25.4 Å². The number of Topliss-reactive ketones (excluding diaryl/α,β-unsaturated/α-hetero) is 1. The molecule has 1 fully saturated rings. The summed E-state index contributed by atoms with van der Waals surface area (Å²) in [6, 6.07) is 11.7. The maximum atomic E-state index is 12.8. The van der Waals surface area contributed by atoms with Gasteiger partial charge < -0.3 is 5.32 Å². The molecular weight excluding hydrogens is 418 g/mol. The zero-order chi connectivity index (χ0) is 22.7. The van der Waals surface area contributed by atoms with Crippen molar-refractivity contribution in [1.82, 2.24) is 4.90 Å². The standard InChI is InChI=1S/C23H24ClN3O4/c1-14(2)12-21(29)25-18-8-4-16(5-9-18)20(28)13-26-22(30)15(3)27(23(26)31)19-10-6-17(24)7-11-19/h4-11,14-15H,12-13H2,1-3H3,(H,25,29). The van der Waals surface area contributed by atoms with Crippen molar-refractivity contribution in [3.05, 3.63) is 59.1 Å². The third kappa shape index (κ3) is 5.11. The van der Waals surface area contributed by atoms with Gasteiger partial charge in [0.1, 0.15) is 6.04 Å². The summed E-state index contributed by atoms with van der Waals surface area (Å²) in [5.74, 6) is -0.664. The van der Waals surface area contributed by atoms with E-state index in [-0.39, 0.29) is 24.2 Å². The van der Waals surface area contributed by atoms with Crippen molar-refractivity contribution in [3.8, 4) is 0 Å². The van der Waals surface area contributed by atoms with Crippen molar-refractivity contribution in [2.45, 2.75) is 33.2 Å². The van der Waals surface area contributed by atoms with Gasteiger partial charge in [-0.2, -0.15) is 0 Å². The Kier molecular flexibility index (Phi) is 6.75. The van der Waals surface area contributed by atoms with E-state index in [0.29, 0.717) is 28.4 Å². The number of rotatable bonds is 7. The first-order chi connectivity index (χ1) is 14.7. The number of imide groups is 1. The van der Waals surface area contributed by atoms with Crippen molar-refractivity contribution in [3.63, 3.8) is 0 Å². The van der Waals surface area contributed by atoms with Crippen LogP contribution in [0.2, 0.25) is 5.02 Å². The fourth-order valence-corrected chi connectivity index (χ4v) is 3.49. The number of ketones is 1. The summed E-state index contributed by atoms with van der Waals surface area (Å²) >= 11 is 5.90. The molecular formula is C23H24ClN3O4. The molecule has 3 rings (SSSR count). The van der Waals surface area contributed by atoms with Crippen molar-refractivity contribution in [2.24, 2.45) is 5.92 Å². The molecule has 0 spiro atoms. The first-order valence-electron chi connectivity index (χ1n) is 10.0. The Balaban J connectivity index is 1.68. The van der Waals surface area contributed by atoms with E-state index in [1.807, 2.05) is 13.8 Å². The Morgan fingerprint density at radius 3 is 2.23 bits per heavy atom. The molecule has 162 valence electrons. The summed E-state index contributed by atoms with van der Waals surface area (Å²) in [5.41, 5.74) is 1.46. The topological polar surface area (TPSA) is 86.8 Å². The smallest absolute Gasteiger partial charge is 0.326 e. The highest BCUT2D eigenvalue weighted by atomic mass is 35.5. The van der Waals surface area contributed by atoms with Crippen molar-refractivity contribution < 1.29 is 19.2 Å². The lowest BCUT2D eigenvalue weighted by atomic mass is 10.1. The predicted molar refractivity (Wildman–Crippen MR) is 119 cm³/mol. The summed E-state index contributed by atoms with van der Waals surface area (Å²) in [6.07, 6.45) is 0.405. The van der Waals surface area contributed by atoms with Crippen molar-refractivity contribution in [2.75, 3.05) is 16.8 Å². The molecule has 0 aliphatic carbocycles. The van der Waals surface area contributed by atoms with Gasteiger partial charge >= 0.3 is 6.03 Å². The maximum Gasteiger partial charge on any atom is 0.332 e. The maximum absolute atomic E-state index is 12.8. The van der Waals surface area contributed by atoms with Gasteiger partial charge in [0.25, 0.3) is 5.91 Å². The quantitative estimate of drug-likeness (QED) is 0.510. The van der Waals surface area contributed by atoms with Gasteiger partial charge in [0, 0.05) is 28.4 Å². The van der Waals surface area contributed by atoms with Gasteiger partial charge in [-0.25, -0.2) is 4.79 Å². The Morgan fingerprint density at radius 1 is 1.03 bits per heavy atom. The van der Waals surface area contributed by atoms with Crippen molar-refractivity contribution >= 4 is 46.6 Å². The molecule has 1 saturated heterocycles. The molecule has 1 unspecified atom stereocenters. The van der Waals surface area contributed by atoms with E-state index in [2.05, 4.69) is 5.32 Å². The van der Waals surface area contributed by atoms with Crippen LogP contribution in [0.4, 0.5) is 16.2 Å². The largest absolute Gasteiger partial charge is 0.332 e. The Bertz CT molecular complexity index is 1000. The van der Waals surface area contributed by atoms with Crippen LogP contribution in [0.3, 0.4) is 0 Å². The molecule has 2 aromatic rings. The summed E-state index contributed by atoms with van der Waals surface area (Å²) < 4.78 is 0.